The lowest BCUT2D eigenvalue weighted by Gasteiger charge is -2.44. The van der Waals surface area contributed by atoms with E-state index >= 15 is 0 Å². The van der Waals surface area contributed by atoms with Crippen LogP contribution in [-0.4, -0.2) is 30.2 Å². The van der Waals surface area contributed by atoms with Crippen molar-refractivity contribution in [1.29, 1.82) is 0 Å². The highest BCUT2D eigenvalue weighted by molar-refractivity contribution is 4.93. The first-order chi connectivity index (χ1) is 7.74. The summed E-state index contributed by atoms with van der Waals surface area (Å²) in [7, 11) is 0. The van der Waals surface area contributed by atoms with Crippen molar-refractivity contribution in [3.63, 3.8) is 0 Å². The van der Waals surface area contributed by atoms with Crippen LogP contribution in [-0.2, 0) is 0 Å². The Hall–Kier alpha value is -0.120. The molecule has 0 aromatic carbocycles. The monoisotopic (exact) mass is 225 g/mol. The molecule has 3 N–H and O–H groups in total. The first-order valence-electron chi connectivity index (χ1n) is 6.97. The Morgan fingerprint density at radius 2 is 2.00 bits per heavy atom. The van der Waals surface area contributed by atoms with Crippen molar-refractivity contribution in [2.45, 2.75) is 57.4 Å². The van der Waals surface area contributed by atoms with Gasteiger partial charge in [-0.2, -0.15) is 0 Å². The van der Waals surface area contributed by atoms with Gasteiger partial charge in [0.1, 0.15) is 0 Å². The first kappa shape index (κ1) is 12.3. The smallest absolute Gasteiger partial charge is 0.0450 e. The van der Waals surface area contributed by atoms with Crippen molar-refractivity contribution >= 4 is 0 Å². The number of hydrogen-bond acceptors (Lipinski definition) is 3. The average Bonchev–Trinajstić information content (AvgIpc) is 2.30. The minimum Gasteiger partial charge on any atom is -0.329 e. The van der Waals surface area contributed by atoms with Crippen molar-refractivity contribution in [2.75, 3.05) is 19.6 Å². The average molecular weight is 225 g/mol. The van der Waals surface area contributed by atoms with Crippen LogP contribution in [0.1, 0.15) is 51.9 Å². The van der Waals surface area contributed by atoms with E-state index in [1.54, 1.807) is 0 Å². The normalized spacial score (nSPS) is 37.5. The summed E-state index contributed by atoms with van der Waals surface area (Å²) in [4.78, 5) is 0. The van der Waals surface area contributed by atoms with Gasteiger partial charge in [0.05, 0.1) is 0 Å². The molecule has 0 bridgehead atoms. The molecule has 2 fully saturated rings. The third kappa shape index (κ3) is 2.96. The first-order valence-corrected chi connectivity index (χ1v) is 6.97. The summed E-state index contributed by atoms with van der Waals surface area (Å²) in [5.41, 5.74) is 9.99. The van der Waals surface area contributed by atoms with Crippen LogP contribution in [0.5, 0.6) is 0 Å². The highest BCUT2D eigenvalue weighted by Gasteiger charge is 2.35. The molecule has 3 heteroatoms. The van der Waals surface area contributed by atoms with Crippen LogP contribution in [0.2, 0.25) is 0 Å². The van der Waals surface area contributed by atoms with Gasteiger partial charge >= 0.3 is 0 Å². The van der Waals surface area contributed by atoms with E-state index in [1.807, 2.05) is 0 Å². The van der Waals surface area contributed by atoms with E-state index < -0.39 is 0 Å². The predicted octanol–water partition coefficient (Wildman–Crippen LogP) is 1.88. The molecule has 2 aliphatic rings. The second-order valence-corrected chi connectivity index (χ2v) is 5.85. The van der Waals surface area contributed by atoms with Crippen molar-refractivity contribution in [3.8, 4) is 0 Å². The molecule has 1 aliphatic carbocycles. The lowest BCUT2D eigenvalue weighted by Crippen LogP contribution is -2.60. The van der Waals surface area contributed by atoms with Crippen LogP contribution >= 0.6 is 0 Å². The van der Waals surface area contributed by atoms with Gasteiger partial charge in [-0.15, -0.1) is 0 Å². The Bertz CT molecular complexity index is 213. The Kier molecular flexibility index (Phi) is 4.22. The lowest BCUT2D eigenvalue weighted by molar-refractivity contribution is 0.0500. The quantitative estimate of drug-likeness (QED) is 0.770. The van der Waals surface area contributed by atoms with Crippen LogP contribution < -0.4 is 11.2 Å². The SMILES string of the molecule is CC1CCCC(CN)(NN2CCCCC2)C1. The molecule has 0 radical (unpaired) electrons. The number of nitrogens with two attached hydrogens (primary N) is 1. The van der Waals surface area contributed by atoms with Crippen molar-refractivity contribution in [2.24, 2.45) is 11.7 Å². The maximum Gasteiger partial charge on any atom is 0.0450 e. The van der Waals surface area contributed by atoms with E-state index in [0.717, 1.165) is 12.5 Å². The molecule has 0 amide bonds. The summed E-state index contributed by atoms with van der Waals surface area (Å²) in [5.74, 6) is 0.828. The van der Waals surface area contributed by atoms with Crippen molar-refractivity contribution in [3.05, 3.63) is 0 Å². The summed E-state index contributed by atoms with van der Waals surface area (Å²) in [6, 6.07) is 0. The van der Waals surface area contributed by atoms with Gasteiger partial charge in [-0.05, 0) is 31.6 Å². The second-order valence-electron chi connectivity index (χ2n) is 5.85. The van der Waals surface area contributed by atoms with Crippen LogP contribution in [0.3, 0.4) is 0 Å². The molecule has 1 heterocycles. The molecule has 2 atom stereocenters. The minimum absolute atomic E-state index is 0.203. The fourth-order valence-corrected chi connectivity index (χ4v) is 3.33. The van der Waals surface area contributed by atoms with Crippen LogP contribution in [0.4, 0.5) is 0 Å². The summed E-state index contributed by atoms with van der Waals surface area (Å²) in [5, 5.41) is 2.42. The predicted molar refractivity (Wildman–Crippen MR) is 68.0 cm³/mol. The van der Waals surface area contributed by atoms with Gasteiger partial charge in [0.15, 0.2) is 0 Å². The fraction of sp³-hybridized carbons (Fsp3) is 1.00. The molecule has 0 spiro atoms. The lowest BCUT2D eigenvalue weighted by atomic mass is 9.77. The molecular formula is C13H27N3. The van der Waals surface area contributed by atoms with Crippen LogP contribution in [0, 0.1) is 5.92 Å². The van der Waals surface area contributed by atoms with Gasteiger partial charge in [0.25, 0.3) is 0 Å². The van der Waals surface area contributed by atoms with Gasteiger partial charge < -0.3 is 5.73 Å². The Morgan fingerprint density at radius 3 is 2.62 bits per heavy atom. The topological polar surface area (TPSA) is 41.3 Å². The molecule has 0 aromatic rings. The van der Waals surface area contributed by atoms with Crippen molar-refractivity contribution in [1.82, 2.24) is 10.4 Å². The molecule has 2 rings (SSSR count). The zero-order chi connectivity index (χ0) is 11.4. The van der Waals surface area contributed by atoms with Gasteiger partial charge in [0, 0.05) is 25.2 Å². The molecular weight excluding hydrogens is 198 g/mol. The van der Waals surface area contributed by atoms with Crippen molar-refractivity contribution < 1.29 is 0 Å². The van der Waals surface area contributed by atoms with E-state index in [-0.39, 0.29) is 5.54 Å². The number of rotatable bonds is 3. The minimum atomic E-state index is 0.203. The fourth-order valence-electron chi connectivity index (χ4n) is 3.33. The van der Waals surface area contributed by atoms with E-state index in [9.17, 15) is 0 Å². The third-order valence-electron chi connectivity index (χ3n) is 4.23. The maximum absolute atomic E-state index is 6.03. The number of hydrazine groups is 1. The largest absolute Gasteiger partial charge is 0.329 e. The van der Waals surface area contributed by atoms with Crippen LogP contribution in [0.15, 0.2) is 0 Å². The molecule has 1 aliphatic heterocycles. The summed E-state index contributed by atoms with van der Waals surface area (Å²) in [6.45, 7) is 5.56. The van der Waals surface area contributed by atoms with E-state index in [1.165, 1.54) is 58.0 Å². The molecule has 1 saturated heterocycles. The molecule has 1 saturated carbocycles. The van der Waals surface area contributed by atoms with Gasteiger partial charge in [-0.25, -0.2) is 10.4 Å². The standard InChI is InChI=1S/C13H27N3/c1-12-6-5-7-13(10-12,11-14)15-16-8-3-2-4-9-16/h12,15H,2-11,14H2,1H3. The molecule has 0 aromatic heterocycles. The molecule has 3 nitrogen and oxygen atoms in total. The molecule has 2 unspecified atom stereocenters. The Balaban J connectivity index is 1.91. The van der Waals surface area contributed by atoms with Gasteiger partial charge in [-0.3, -0.25) is 0 Å². The summed E-state index contributed by atoms with van der Waals surface area (Å²) in [6.07, 6.45) is 9.28. The molecule has 94 valence electrons. The number of nitrogens with one attached hydrogen (secondary N) is 1. The van der Waals surface area contributed by atoms with E-state index in [2.05, 4.69) is 17.4 Å². The maximum atomic E-state index is 6.03. The number of hydrogen-bond donors (Lipinski definition) is 2. The van der Waals surface area contributed by atoms with Gasteiger partial charge in [0.2, 0.25) is 0 Å². The summed E-state index contributed by atoms with van der Waals surface area (Å²) < 4.78 is 0. The van der Waals surface area contributed by atoms with E-state index in [0.29, 0.717) is 0 Å². The highest BCUT2D eigenvalue weighted by atomic mass is 15.5. The molecule has 16 heavy (non-hydrogen) atoms. The third-order valence-corrected chi connectivity index (χ3v) is 4.23. The Morgan fingerprint density at radius 1 is 1.25 bits per heavy atom. The summed E-state index contributed by atoms with van der Waals surface area (Å²) >= 11 is 0. The zero-order valence-corrected chi connectivity index (χ0v) is 10.7. The number of nitrogens with zero attached hydrogens (tertiary/aromatic N) is 1. The zero-order valence-electron chi connectivity index (χ0n) is 10.7. The second kappa shape index (κ2) is 5.48. The number of piperidine rings is 1. The highest BCUT2D eigenvalue weighted by Crippen LogP contribution is 2.32. The Labute approximate surface area is 99.7 Å². The van der Waals surface area contributed by atoms with E-state index in [4.69, 9.17) is 5.73 Å². The van der Waals surface area contributed by atoms with Crippen LogP contribution in [0.25, 0.3) is 0 Å². The van der Waals surface area contributed by atoms with Gasteiger partial charge in [-0.1, -0.05) is 26.2 Å².